The van der Waals surface area contributed by atoms with Gasteiger partial charge in [-0.3, -0.25) is 0 Å². The van der Waals surface area contributed by atoms with Crippen molar-refractivity contribution in [2.45, 2.75) is 84.1 Å². The SMILES string of the molecule is CCCCC(N)C12CC3CC(CC(CC)(C3)C1)C2. The predicted octanol–water partition coefficient (Wildman–Crippen LogP) is 4.50. The highest BCUT2D eigenvalue weighted by molar-refractivity contribution is 5.10. The minimum Gasteiger partial charge on any atom is -0.327 e. The fourth-order valence-electron chi connectivity index (χ4n) is 6.10. The van der Waals surface area contributed by atoms with Gasteiger partial charge >= 0.3 is 0 Å². The number of hydrogen-bond acceptors (Lipinski definition) is 1. The third-order valence-electron chi connectivity index (χ3n) is 6.63. The minimum atomic E-state index is 0.495. The number of unbranched alkanes of at least 4 members (excludes halogenated alkanes) is 1. The molecule has 0 radical (unpaired) electrons. The van der Waals surface area contributed by atoms with Crippen molar-refractivity contribution in [3.63, 3.8) is 0 Å². The van der Waals surface area contributed by atoms with Crippen LogP contribution in [-0.2, 0) is 0 Å². The van der Waals surface area contributed by atoms with Crippen LogP contribution in [0.15, 0.2) is 0 Å². The summed E-state index contributed by atoms with van der Waals surface area (Å²) in [6.07, 6.45) is 14.3. The van der Waals surface area contributed by atoms with Gasteiger partial charge in [-0.15, -0.1) is 0 Å². The molecule has 1 heteroatoms. The molecule has 4 saturated carbocycles. The van der Waals surface area contributed by atoms with Gasteiger partial charge in [0.15, 0.2) is 0 Å². The third kappa shape index (κ3) is 1.94. The maximum atomic E-state index is 6.67. The second-order valence-electron chi connectivity index (χ2n) is 7.93. The van der Waals surface area contributed by atoms with Crippen molar-refractivity contribution in [1.29, 1.82) is 0 Å². The number of hydrogen-bond donors (Lipinski definition) is 1. The van der Waals surface area contributed by atoms with Crippen LogP contribution in [0.3, 0.4) is 0 Å². The van der Waals surface area contributed by atoms with Crippen LogP contribution >= 0.6 is 0 Å². The molecule has 0 amide bonds. The maximum absolute atomic E-state index is 6.67. The molecule has 4 fully saturated rings. The van der Waals surface area contributed by atoms with Gasteiger partial charge in [-0.1, -0.05) is 33.1 Å². The van der Waals surface area contributed by atoms with Crippen LogP contribution in [0.4, 0.5) is 0 Å². The molecule has 0 aromatic heterocycles. The van der Waals surface area contributed by atoms with E-state index < -0.39 is 0 Å². The average molecular weight is 249 g/mol. The molecule has 4 bridgehead atoms. The topological polar surface area (TPSA) is 26.0 Å². The van der Waals surface area contributed by atoms with E-state index in [1.165, 1.54) is 64.2 Å². The van der Waals surface area contributed by atoms with Gasteiger partial charge in [0.05, 0.1) is 0 Å². The molecule has 0 aromatic carbocycles. The Kier molecular flexibility index (Phi) is 3.25. The summed E-state index contributed by atoms with van der Waals surface area (Å²) in [6.45, 7) is 4.72. The molecular formula is C17H31N. The van der Waals surface area contributed by atoms with Gasteiger partial charge in [0.1, 0.15) is 0 Å². The average Bonchev–Trinajstić information content (AvgIpc) is 2.34. The molecule has 0 spiro atoms. The molecule has 0 saturated heterocycles. The van der Waals surface area contributed by atoms with Gasteiger partial charge in [0.25, 0.3) is 0 Å². The normalized spacial score (nSPS) is 47.5. The molecule has 4 aliphatic rings. The third-order valence-corrected chi connectivity index (χ3v) is 6.63. The van der Waals surface area contributed by atoms with E-state index >= 15 is 0 Å². The van der Waals surface area contributed by atoms with Gasteiger partial charge < -0.3 is 5.73 Å². The second kappa shape index (κ2) is 4.51. The van der Waals surface area contributed by atoms with Crippen molar-refractivity contribution < 1.29 is 0 Å². The summed E-state index contributed by atoms with van der Waals surface area (Å²) in [5.41, 5.74) is 7.93. The van der Waals surface area contributed by atoms with E-state index in [0.29, 0.717) is 16.9 Å². The largest absolute Gasteiger partial charge is 0.327 e. The Morgan fingerprint density at radius 3 is 2.33 bits per heavy atom. The Balaban J connectivity index is 1.80. The van der Waals surface area contributed by atoms with Gasteiger partial charge in [-0.2, -0.15) is 0 Å². The van der Waals surface area contributed by atoms with E-state index in [-0.39, 0.29) is 0 Å². The van der Waals surface area contributed by atoms with E-state index in [1.807, 2.05) is 0 Å². The van der Waals surface area contributed by atoms with Crippen molar-refractivity contribution in [2.24, 2.45) is 28.4 Å². The van der Waals surface area contributed by atoms with Crippen molar-refractivity contribution in [3.05, 3.63) is 0 Å². The molecule has 3 atom stereocenters. The van der Waals surface area contributed by atoms with Crippen molar-refractivity contribution in [3.8, 4) is 0 Å². The Hall–Kier alpha value is -0.0400. The molecule has 1 nitrogen and oxygen atoms in total. The van der Waals surface area contributed by atoms with Gasteiger partial charge in [-0.25, -0.2) is 0 Å². The molecule has 18 heavy (non-hydrogen) atoms. The van der Waals surface area contributed by atoms with E-state index in [4.69, 9.17) is 5.73 Å². The first kappa shape index (κ1) is 13.0. The lowest BCUT2D eigenvalue weighted by Crippen LogP contribution is -2.58. The molecule has 0 heterocycles. The van der Waals surface area contributed by atoms with Crippen LogP contribution in [0.2, 0.25) is 0 Å². The van der Waals surface area contributed by atoms with E-state index in [2.05, 4.69) is 13.8 Å². The zero-order valence-electron chi connectivity index (χ0n) is 12.4. The van der Waals surface area contributed by atoms with Crippen molar-refractivity contribution in [1.82, 2.24) is 0 Å². The molecule has 0 aromatic rings. The van der Waals surface area contributed by atoms with Gasteiger partial charge in [0.2, 0.25) is 0 Å². The zero-order valence-corrected chi connectivity index (χ0v) is 12.4. The molecule has 2 N–H and O–H groups in total. The molecule has 4 aliphatic carbocycles. The molecule has 0 aliphatic heterocycles. The monoisotopic (exact) mass is 249 g/mol. The fraction of sp³-hybridized carbons (Fsp3) is 1.00. The van der Waals surface area contributed by atoms with E-state index in [9.17, 15) is 0 Å². The maximum Gasteiger partial charge on any atom is 0.00959 e. The summed E-state index contributed by atoms with van der Waals surface area (Å²) in [7, 11) is 0. The Morgan fingerprint density at radius 2 is 1.78 bits per heavy atom. The van der Waals surface area contributed by atoms with Crippen LogP contribution in [0.1, 0.15) is 78.1 Å². The molecule has 104 valence electrons. The first-order valence-corrected chi connectivity index (χ1v) is 8.37. The van der Waals surface area contributed by atoms with E-state index in [1.54, 1.807) is 0 Å². The van der Waals surface area contributed by atoms with Crippen LogP contribution in [0.25, 0.3) is 0 Å². The second-order valence-corrected chi connectivity index (χ2v) is 7.93. The lowest BCUT2D eigenvalue weighted by atomic mass is 9.42. The predicted molar refractivity (Wildman–Crippen MR) is 77.3 cm³/mol. The fourth-order valence-corrected chi connectivity index (χ4v) is 6.10. The zero-order chi connectivity index (χ0) is 12.8. The van der Waals surface area contributed by atoms with Crippen molar-refractivity contribution >= 4 is 0 Å². The number of rotatable bonds is 5. The minimum absolute atomic E-state index is 0.495. The highest BCUT2D eigenvalue weighted by Gasteiger charge is 2.58. The highest BCUT2D eigenvalue weighted by Crippen LogP contribution is 2.67. The van der Waals surface area contributed by atoms with Gasteiger partial charge in [0, 0.05) is 6.04 Å². The summed E-state index contributed by atoms with van der Waals surface area (Å²) in [5.74, 6) is 2.05. The van der Waals surface area contributed by atoms with Crippen LogP contribution in [-0.4, -0.2) is 6.04 Å². The molecular weight excluding hydrogens is 218 g/mol. The van der Waals surface area contributed by atoms with Crippen LogP contribution in [0.5, 0.6) is 0 Å². The molecule has 3 unspecified atom stereocenters. The standard InChI is InChI=1S/C17H31N/c1-3-5-6-15(18)17-10-13-7-14(11-17)9-16(4-2,8-13)12-17/h13-15H,3-12,18H2,1-2H3. The molecule has 4 rings (SSSR count). The van der Waals surface area contributed by atoms with Crippen LogP contribution < -0.4 is 5.73 Å². The van der Waals surface area contributed by atoms with Crippen LogP contribution in [0, 0.1) is 22.7 Å². The lowest BCUT2D eigenvalue weighted by molar-refractivity contribution is -0.123. The first-order chi connectivity index (χ1) is 8.61. The highest BCUT2D eigenvalue weighted by atomic mass is 14.7. The van der Waals surface area contributed by atoms with Crippen molar-refractivity contribution in [2.75, 3.05) is 0 Å². The summed E-state index contributed by atoms with van der Waals surface area (Å²) >= 11 is 0. The lowest BCUT2D eigenvalue weighted by Gasteiger charge is -2.64. The number of nitrogens with two attached hydrogens (primary N) is 1. The summed E-state index contributed by atoms with van der Waals surface area (Å²) < 4.78 is 0. The Bertz CT molecular complexity index is 295. The Labute approximate surface area is 113 Å². The summed E-state index contributed by atoms with van der Waals surface area (Å²) in [5, 5.41) is 0. The summed E-state index contributed by atoms with van der Waals surface area (Å²) in [6, 6.07) is 0.495. The quantitative estimate of drug-likeness (QED) is 0.762. The van der Waals surface area contributed by atoms with E-state index in [0.717, 1.165) is 11.8 Å². The Morgan fingerprint density at radius 1 is 1.11 bits per heavy atom. The summed E-state index contributed by atoms with van der Waals surface area (Å²) in [4.78, 5) is 0. The van der Waals surface area contributed by atoms with Gasteiger partial charge in [-0.05, 0) is 67.6 Å². The first-order valence-electron chi connectivity index (χ1n) is 8.37. The smallest absolute Gasteiger partial charge is 0.00959 e.